The third kappa shape index (κ3) is 2.75. The van der Waals surface area contributed by atoms with Crippen molar-refractivity contribution in [3.63, 3.8) is 0 Å². The second-order valence-electron chi connectivity index (χ2n) is 3.97. The number of hydrogen-bond acceptors (Lipinski definition) is 4. The number of nitro groups is 1. The molecular weight excluding hydrogens is 282 g/mol. The van der Waals surface area contributed by atoms with Gasteiger partial charge in [-0.1, -0.05) is 17.7 Å². The molecule has 102 valence electrons. The van der Waals surface area contributed by atoms with Crippen molar-refractivity contribution in [2.24, 2.45) is 0 Å². The van der Waals surface area contributed by atoms with E-state index in [1.807, 2.05) is 0 Å². The summed E-state index contributed by atoms with van der Waals surface area (Å²) in [6, 6.07) is 8.93. The number of rotatable bonds is 3. The van der Waals surface area contributed by atoms with Crippen LogP contribution in [0, 0.1) is 10.1 Å². The molecular formula is C13H10ClN3O3. The topological polar surface area (TPSA) is 76.3 Å². The van der Waals surface area contributed by atoms with Crippen LogP contribution in [0.5, 0.6) is 0 Å². The Morgan fingerprint density at radius 2 is 2.10 bits per heavy atom. The lowest BCUT2D eigenvalue weighted by Gasteiger charge is -2.16. The molecule has 0 unspecified atom stereocenters. The van der Waals surface area contributed by atoms with Gasteiger partial charge in [0.1, 0.15) is 11.4 Å². The van der Waals surface area contributed by atoms with Crippen LogP contribution in [-0.2, 0) is 0 Å². The molecule has 1 heterocycles. The molecule has 0 bridgehead atoms. The van der Waals surface area contributed by atoms with Crippen molar-refractivity contribution in [2.75, 3.05) is 11.9 Å². The molecule has 0 aliphatic carbocycles. The maximum Gasteiger partial charge on any atom is 0.282 e. The molecule has 0 atom stereocenters. The van der Waals surface area contributed by atoms with Crippen molar-refractivity contribution in [1.29, 1.82) is 0 Å². The lowest BCUT2D eigenvalue weighted by Crippen LogP contribution is -2.27. The monoisotopic (exact) mass is 291 g/mol. The molecule has 7 heteroatoms. The van der Waals surface area contributed by atoms with E-state index in [-0.39, 0.29) is 16.3 Å². The van der Waals surface area contributed by atoms with Crippen molar-refractivity contribution in [3.8, 4) is 0 Å². The van der Waals surface area contributed by atoms with Gasteiger partial charge in [-0.15, -0.1) is 0 Å². The highest BCUT2D eigenvalue weighted by Crippen LogP contribution is 2.25. The normalized spacial score (nSPS) is 10.1. The largest absolute Gasteiger partial charge is 0.296 e. The average Bonchev–Trinajstić information content (AvgIpc) is 2.46. The summed E-state index contributed by atoms with van der Waals surface area (Å²) >= 11 is 5.81. The van der Waals surface area contributed by atoms with Crippen LogP contribution in [0.1, 0.15) is 10.4 Å². The van der Waals surface area contributed by atoms with Gasteiger partial charge in [-0.3, -0.25) is 19.8 Å². The van der Waals surface area contributed by atoms with Gasteiger partial charge in [-0.25, -0.2) is 4.98 Å². The van der Waals surface area contributed by atoms with Crippen LogP contribution < -0.4 is 4.90 Å². The number of carbonyl (C=O) groups excluding carboxylic acids is 1. The summed E-state index contributed by atoms with van der Waals surface area (Å²) in [6.45, 7) is 0. The fourth-order valence-electron chi connectivity index (χ4n) is 1.68. The third-order valence-corrected chi connectivity index (χ3v) is 2.92. The van der Waals surface area contributed by atoms with Crippen molar-refractivity contribution in [1.82, 2.24) is 4.98 Å². The van der Waals surface area contributed by atoms with E-state index in [4.69, 9.17) is 11.6 Å². The molecule has 2 rings (SSSR count). The Kier molecular flexibility index (Phi) is 3.95. The Labute approximate surface area is 119 Å². The molecule has 20 heavy (non-hydrogen) atoms. The summed E-state index contributed by atoms with van der Waals surface area (Å²) in [6.07, 6.45) is 1.53. The molecule has 1 aromatic carbocycles. The van der Waals surface area contributed by atoms with Crippen LogP contribution >= 0.6 is 11.6 Å². The highest BCUT2D eigenvalue weighted by molar-refractivity contribution is 6.31. The first-order valence-electron chi connectivity index (χ1n) is 5.63. The summed E-state index contributed by atoms with van der Waals surface area (Å²) < 4.78 is 0. The summed E-state index contributed by atoms with van der Waals surface area (Å²) in [4.78, 5) is 28.0. The second-order valence-corrected chi connectivity index (χ2v) is 4.41. The van der Waals surface area contributed by atoms with E-state index in [0.717, 1.165) is 0 Å². The molecule has 0 aliphatic heterocycles. The van der Waals surface area contributed by atoms with Gasteiger partial charge in [0.2, 0.25) is 0 Å². The first-order valence-corrected chi connectivity index (χ1v) is 6.01. The SMILES string of the molecule is CN(C(=O)c1cc(Cl)ccc1[N+](=O)[O-])c1ccccn1. The van der Waals surface area contributed by atoms with E-state index < -0.39 is 10.8 Å². The molecule has 0 saturated heterocycles. The van der Waals surface area contributed by atoms with Gasteiger partial charge in [0.25, 0.3) is 11.6 Å². The molecule has 0 fully saturated rings. The molecule has 2 aromatic rings. The van der Waals surface area contributed by atoms with E-state index in [9.17, 15) is 14.9 Å². The molecule has 0 radical (unpaired) electrons. The maximum atomic E-state index is 12.3. The zero-order valence-corrected chi connectivity index (χ0v) is 11.2. The van der Waals surface area contributed by atoms with Crippen molar-refractivity contribution < 1.29 is 9.72 Å². The van der Waals surface area contributed by atoms with E-state index in [2.05, 4.69) is 4.98 Å². The second kappa shape index (κ2) is 5.66. The summed E-state index contributed by atoms with van der Waals surface area (Å²) in [5, 5.41) is 11.2. The number of nitro benzene ring substituents is 1. The first-order chi connectivity index (χ1) is 9.50. The van der Waals surface area contributed by atoms with Gasteiger partial charge in [-0.2, -0.15) is 0 Å². The average molecular weight is 292 g/mol. The van der Waals surface area contributed by atoms with Crippen LogP contribution in [0.4, 0.5) is 11.5 Å². The lowest BCUT2D eigenvalue weighted by molar-refractivity contribution is -0.385. The lowest BCUT2D eigenvalue weighted by atomic mass is 10.1. The zero-order valence-electron chi connectivity index (χ0n) is 10.5. The number of carbonyl (C=O) groups is 1. The maximum absolute atomic E-state index is 12.3. The number of amides is 1. The number of pyridine rings is 1. The number of aromatic nitrogens is 1. The Morgan fingerprint density at radius 3 is 2.70 bits per heavy atom. The first kappa shape index (κ1) is 14.0. The Morgan fingerprint density at radius 1 is 1.35 bits per heavy atom. The smallest absolute Gasteiger partial charge is 0.282 e. The van der Waals surface area contributed by atoms with Crippen molar-refractivity contribution in [3.05, 3.63) is 63.3 Å². The Balaban J connectivity index is 2.43. The summed E-state index contributed by atoms with van der Waals surface area (Å²) in [5.74, 6) is -0.148. The predicted octanol–water partition coefficient (Wildman–Crippen LogP) is 2.92. The van der Waals surface area contributed by atoms with Gasteiger partial charge in [0.05, 0.1) is 4.92 Å². The number of benzene rings is 1. The van der Waals surface area contributed by atoms with Gasteiger partial charge in [0, 0.05) is 24.3 Å². The van der Waals surface area contributed by atoms with Crippen LogP contribution in [0.15, 0.2) is 42.6 Å². The number of anilines is 1. The number of hydrogen-bond donors (Lipinski definition) is 0. The summed E-state index contributed by atoms with van der Waals surface area (Å²) in [7, 11) is 1.50. The predicted molar refractivity (Wildman–Crippen MR) is 75.1 cm³/mol. The van der Waals surface area contributed by atoms with Gasteiger partial charge < -0.3 is 0 Å². The molecule has 0 spiro atoms. The quantitative estimate of drug-likeness (QED) is 0.643. The molecule has 1 amide bonds. The van der Waals surface area contributed by atoms with Gasteiger partial charge in [0.15, 0.2) is 0 Å². The van der Waals surface area contributed by atoms with Crippen LogP contribution in [0.2, 0.25) is 5.02 Å². The van der Waals surface area contributed by atoms with Gasteiger partial charge in [-0.05, 0) is 24.3 Å². The molecule has 0 saturated carbocycles. The van der Waals surface area contributed by atoms with Crippen LogP contribution in [0.25, 0.3) is 0 Å². The van der Waals surface area contributed by atoms with Crippen LogP contribution in [-0.4, -0.2) is 22.9 Å². The highest BCUT2D eigenvalue weighted by atomic mass is 35.5. The van der Waals surface area contributed by atoms with E-state index in [1.54, 1.807) is 18.2 Å². The summed E-state index contributed by atoms with van der Waals surface area (Å²) in [5.41, 5.74) is -0.363. The van der Waals surface area contributed by atoms with Crippen LogP contribution in [0.3, 0.4) is 0 Å². The molecule has 6 nitrogen and oxygen atoms in total. The van der Waals surface area contributed by atoms with E-state index in [0.29, 0.717) is 5.82 Å². The van der Waals surface area contributed by atoms with E-state index in [1.165, 1.54) is 36.3 Å². The molecule has 1 aromatic heterocycles. The van der Waals surface area contributed by atoms with Crippen molar-refractivity contribution >= 4 is 29.0 Å². The fraction of sp³-hybridized carbons (Fsp3) is 0.0769. The molecule has 0 N–H and O–H groups in total. The third-order valence-electron chi connectivity index (χ3n) is 2.68. The molecule has 0 aliphatic rings. The highest BCUT2D eigenvalue weighted by Gasteiger charge is 2.24. The van der Waals surface area contributed by atoms with E-state index >= 15 is 0 Å². The van der Waals surface area contributed by atoms with Crippen molar-refractivity contribution in [2.45, 2.75) is 0 Å². The zero-order chi connectivity index (χ0) is 14.7. The minimum absolute atomic E-state index is 0.0735. The fourth-order valence-corrected chi connectivity index (χ4v) is 1.85. The number of nitrogens with zero attached hydrogens (tertiary/aromatic N) is 3. The standard InChI is InChI=1S/C13H10ClN3O3/c1-16(12-4-2-3-7-15-12)13(18)10-8-9(14)5-6-11(10)17(19)20/h2-8H,1H3. The Hall–Kier alpha value is -2.47. The minimum atomic E-state index is -0.615. The minimum Gasteiger partial charge on any atom is -0.296 e. The Bertz CT molecular complexity index is 661. The van der Waals surface area contributed by atoms with Gasteiger partial charge >= 0.3 is 0 Å². The number of halogens is 1.